The molecule has 0 aromatic heterocycles. The van der Waals surface area contributed by atoms with Crippen LogP contribution in [0.15, 0.2) is 53.0 Å². The summed E-state index contributed by atoms with van der Waals surface area (Å²) in [5.41, 5.74) is 2.57. The first-order valence-electron chi connectivity index (χ1n) is 6.65. The second-order valence-corrected chi connectivity index (χ2v) is 7.03. The molecule has 0 spiro atoms. The zero-order valence-electron chi connectivity index (χ0n) is 11.8. The summed E-state index contributed by atoms with van der Waals surface area (Å²) < 4.78 is 6.48. The molecule has 2 rings (SSSR count). The second kappa shape index (κ2) is 7.80. The predicted molar refractivity (Wildman–Crippen MR) is 100 cm³/mol. The van der Waals surface area contributed by atoms with Gasteiger partial charge in [-0.05, 0) is 35.7 Å². The molecule has 0 aliphatic rings. The normalized spacial score (nSPS) is 11.4. The third-order valence-electron chi connectivity index (χ3n) is 3.63. The highest BCUT2D eigenvalue weighted by Gasteiger charge is 2.32. The maximum Gasteiger partial charge on any atom is 0.119 e. The maximum absolute atomic E-state index is 5.33. The lowest BCUT2D eigenvalue weighted by Gasteiger charge is -2.32. The summed E-state index contributed by atoms with van der Waals surface area (Å²) >= 11 is 11.1. The first-order chi connectivity index (χ1) is 10.1. The zero-order chi connectivity index (χ0) is 15.3. The number of rotatable bonds is 6. The van der Waals surface area contributed by atoms with Crippen LogP contribution in [-0.4, -0.2) is 17.8 Å². The lowest BCUT2D eigenvalue weighted by atomic mass is 9.79. The van der Waals surface area contributed by atoms with Crippen molar-refractivity contribution in [2.24, 2.45) is 0 Å². The van der Waals surface area contributed by atoms with E-state index in [1.807, 2.05) is 18.2 Å². The molecule has 0 aliphatic carbocycles. The Hall–Kier alpha value is -0.320. The number of methoxy groups -OCH3 is 1. The third-order valence-corrected chi connectivity index (χ3v) is 6.47. The van der Waals surface area contributed by atoms with Crippen LogP contribution in [0.4, 0.5) is 0 Å². The van der Waals surface area contributed by atoms with Crippen LogP contribution in [0.1, 0.15) is 11.1 Å². The Kier molecular flexibility index (Phi) is 6.33. The number of halogens is 3. The first kappa shape index (κ1) is 17.0. The van der Waals surface area contributed by atoms with Gasteiger partial charge in [0.25, 0.3) is 0 Å². The lowest BCUT2D eigenvalue weighted by molar-refractivity contribution is 0.413. The van der Waals surface area contributed by atoms with Crippen LogP contribution in [0, 0.1) is 0 Å². The van der Waals surface area contributed by atoms with Gasteiger partial charge in [-0.15, -0.1) is 0 Å². The molecule has 2 aromatic carbocycles. The monoisotopic (exact) mass is 474 g/mol. The molecule has 0 bridgehead atoms. The van der Waals surface area contributed by atoms with E-state index in [1.54, 1.807) is 7.11 Å². The summed E-state index contributed by atoms with van der Waals surface area (Å²) in [4.78, 5) is 0. The standard InChI is InChI=1S/C17H17Br3O/c1-21-14-6-4-5-13(9-14)10-17(11-18,12-19)15-7-2-3-8-16(15)20/h2-9H,10-12H2,1H3. The molecule has 21 heavy (non-hydrogen) atoms. The molecule has 112 valence electrons. The van der Waals surface area contributed by atoms with Gasteiger partial charge in [-0.2, -0.15) is 0 Å². The van der Waals surface area contributed by atoms with Gasteiger partial charge in [0.2, 0.25) is 0 Å². The van der Waals surface area contributed by atoms with Crippen LogP contribution in [0.5, 0.6) is 5.75 Å². The number of alkyl halides is 2. The SMILES string of the molecule is COc1cccc(CC(CBr)(CBr)c2ccccc2Br)c1. The summed E-state index contributed by atoms with van der Waals surface area (Å²) in [6, 6.07) is 16.7. The van der Waals surface area contributed by atoms with Crippen LogP contribution in [0.3, 0.4) is 0 Å². The highest BCUT2D eigenvalue weighted by atomic mass is 79.9. The van der Waals surface area contributed by atoms with E-state index in [9.17, 15) is 0 Å². The molecular formula is C17H17Br3O. The van der Waals surface area contributed by atoms with Crippen molar-refractivity contribution in [3.63, 3.8) is 0 Å². The number of benzene rings is 2. The lowest BCUT2D eigenvalue weighted by Crippen LogP contribution is -2.33. The molecule has 0 fully saturated rings. The smallest absolute Gasteiger partial charge is 0.119 e. The fraction of sp³-hybridized carbons (Fsp3) is 0.294. The van der Waals surface area contributed by atoms with E-state index in [0.717, 1.165) is 27.3 Å². The molecule has 0 aliphatic heterocycles. The van der Waals surface area contributed by atoms with Crippen molar-refractivity contribution >= 4 is 47.8 Å². The number of hydrogen-bond acceptors (Lipinski definition) is 1. The van der Waals surface area contributed by atoms with E-state index in [-0.39, 0.29) is 5.41 Å². The van der Waals surface area contributed by atoms with Crippen molar-refractivity contribution in [2.45, 2.75) is 11.8 Å². The maximum atomic E-state index is 5.33. The van der Waals surface area contributed by atoms with Crippen LogP contribution < -0.4 is 4.74 Å². The largest absolute Gasteiger partial charge is 0.497 e. The summed E-state index contributed by atoms with van der Waals surface area (Å²) in [6.07, 6.45) is 0.934. The van der Waals surface area contributed by atoms with Crippen LogP contribution in [0.2, 0.25) is 0 Å². The second-order valence-electron chi connectivity index (χ2n) is 5.06. The van der Waals surface area contributed by atoms with E-state index in [1.165, 1.54) is 11.1 Å². The van der Waals surface area contributed by atoms with E-state index < -0.39 is 0 Å². The summed E-state index contributed by atoms with van der Waals surface area (Å²) in [7, 11) is 1.70. The molecule has 0 radical (unpaired) electrons. The predicted octanol–water partition coefficient (Wildman–Crippen LogP) is 5.73. The molecule has 0 heterocycles. The van der Waals surface area contributed by atoms with Crippen LogP contribution in [-0.2, 0) is 11.8 Å². The Morgan fingerprint density at radius 2 is 1.71 bits per heavy atom. The Labute approximate surface area is 151 Å². The molecule has 0 N–H and O–H groups in total. The van der Waals surface area contributed by atoms with E-state index in [2.05, 4.69) is 78.1 Å². The molecule has 4 heteroatoms. The number of hydrogen-bond donors (Lipinski definition) is 0. The van der Waals surface area contributed by atoms with Crippen molar-refractivity contribution in [3.8, 4) is 5.75 Å². The van der Waals surface area contributed by atoms with Gasteiger partial charge in [0.15, 0.2) is 0 Å². The molecule has 0 saturated carbocycles. The van der Waals surface area contributed by atoms with E-state index in [4.69, 9.17) is 4.74 Å². The van der Waals surface area contributed by atoms with Crippen molar-refractivity contribution in [3.05, 3.63) is 64.1 Å². The van der Waals surface area contributed by atoms with Crippen molar-refractivity contribution in [1.29, 1.82) is 0 Å². The van der Waals surface area contributed by atoms with Gasteiger partial charge in [-0.25, -0.2) is 0 Å². The molecule has 1 nitrogen and oxygen atoms in total. The van der Waals surface area contributed by atoms with Crippen molar-refractivity contribution < 1.29 is 4.74 Å². The molecule has 0 amide bonds. The first-order valence-corrected chi connectivity index (χ1v) is 9.68. The summed E-state index contributed by atoms with van der Waals surface area (Å²) in [5.74, 6) is 0.901. The fourth-order valence-electron chi connectivity index (χ4n) is 2.43. The van der Waals surface area contributed by atoms with Crippen LogP contribution in [0.25, 0.3) is 0 Å². The highest BCUT2D eigenvalue weighted by Crippen LogP contribution is 2.37. The van der Waals surface area contributed by atoms with Gasteiger partial charge >= 0.3 is 0 Å². The molecule has 0 unspecified atom stereocenters. The Bertz CT molecular complexity index is 594. The molecular weight excluding hydrogens is 460 g/mol. The topological polar surface area (TPSA) is 9.23 Å². The van der Waals surface area contributed by atoms with E-state index >= 15 is 0 Å². The zero-order valence-corrected chi connectivity index (χ0v) is 16.5. The molecule has 0 saturated heterocycles. The number of ether oxygens (including phenoxy) is 1. The Morgan fingerprint density at radius 3 is 2.33 bits per heavy atom. The Balaban J connectivity index is 2.40. The fourth-order valence-corrected chi connectivity index (χ4v) is 5.07. The van der Waals surface area contributed by atoms with Gasteiger partial charge in [0.05, 0.1) is 7.11 Å². The van der Waals surface area contributed by atoms with Gasteiger partial charge in [-0.1, -0.05) is 78.1 Å². The van der Waals surface area contributed by atoms with E-state index in [0.29, 0.717) is 0 Å². The average molecular weight is 477 g/mol. The summed E-state index contributed by atoms with van der Waals surface area (Å²) in [6.45, 7) is 0. The van der Waals surface area contributed by atoms with Crippen LogP contribution >= 0.6 is 47.8 Å². The van der Waals surface area contributed by atoms with Crippen molar-refractivity contribution in [1.82, 2.24) is 0 Å². The summed E-state index contributed by atoms with van der Waals surface area (Å²) in [5, 5.41) is 1.76. The van der Waals surface area contributed by atoms with Gasteiger partial charge in [0, 0.05) is 20.5 Å². The minimum Gasteiger partial charge on any atom is -0.497 e. The molecule has 2 aromatic rings. The minimum atomic E-state index is -0.00748. The van der Waals surface area contributed by atoms with Gasteiger partial charge in [0.1, 0.15) is 5.75 Å². The highest BCUT2D eigenvalue weighted by molar-refractivity contribution is 9.10. The van der Waals surface area contributed by atoms with Gasteiger partial charge in [-0.3, -0.25) is 0 Å². The average Bonchev–Trinajstić information content (AvgIpc) is 2.53. The third kappa shape index (κ3) is 3.91. The van der Waals surface area contributed by atoms with Gasteiger partial charge < -0.3 is 4.74 Å². The Morgan fingerprint density at radius 1 is 1.00 bits per heavy atom. The minimum absolute atomic E-state index is 0.00748. The molecule has 0 atom stereocenters. The van der Waals surface area contributed by atoms with Crippen molar-refractivity contribution in [2.75, 3.05) is 17.8 Å². The quantitative estimate of drug-likeness (QED) is 0.484.